The Hall–Kier alpha value is 0.730. The lowest BCUT2D eigenvalue weighted by atomic mass is 10.1. The minimum atomic E-state index is 0.919. The third-order valence-corrected chi connectivity index (χ3v) is 3.17. The van der Waals surface area contributed by atoms with Crippen LogP contribution in [0.25, 0.3) is 0 Å². The van der Waals surface area contributed by atoms with Crippen molar-refractivity contribution >= 4 is 22.6 Å². The van der Waals surface area contributed by atoms with Gasteiger partial charge in [0.2, 0.25) is 0 Å². The molecule has 0 aromatic heterocycles. The molecule has 2 unspecified atom stereocenters. The predicted octanol–water partition coefficient (Wildman–Crippen LogP) is 3.10. The summed E-state index contributed by atoms with van der Waals surface area (Å²) in [6.07, 6.45) is 2.98. The van der Waals surface area contributed by atoms with E-state index in [0.717, 1.165) is 17.8 Å². The van der Waals surface area contributed by atoms with Gasteiger partial charge in [0.1, 0.15) is 0 Å². The molecule has 1 heteroatoms. The summed E-state index contributed by atoms with van der Waals surface area (Å²) in [5.41, 5.74) is 0. The summed E-state index contributed by atoms with van der Waals surface area (Å²) in [5, 5.41) is 0. The van der Waals surface area contributed by atoms with Gasteiger partial charge in [0, 0.05) is 4.43 Å². The van der Waals surface area contributed by atoms with E-state index in [1.807, 2.05) is 0 Å². The van der Waals surface area contributed by atoms with Gasteiger partial charge in [-0.25, -0.2) is 0 Å². The van der Waals surface area contributed by atoms with Gasteiger partial charge in [-0.05, 0) is 30.6 Å². The summed E-state index contributed by atoms with van der Waals surface area (Å²) in [6.45, 7) is 4.64. The third-order valence-electron chi connectivity index (χ3n) is 2.04. The average molecular weight is 238 g/mol. The van der Waals surface area contributed by atoms with Crippen molar-refractivity contribution in [1.82, 2.24) is 0 Å². The van der Waals surface area contributed by atoms with E-state index in [4.69, 9.17) is 0 Å². The van der Waals surface area contributed by atoms with Crippen molar-refractivity contribution in [3.8, 4) is 0 Å². The first-order valence-electron chi connectivity index (χ1n) is 3.80. The second-order valence-electron chi connectivity index (χ2n) is 3.54. The van der Waals surface area contributed by atoms with Gasteiger partial charge < -0.3 is 0 Å². The fraction of sp³-hybridized carbons (Fsp3) is 1.00. The predicted molar refractivity (Wildman–Crippen MR) is 49.9 cm³/mol. The van der Waals surface area contributed by atoms with Gasteiger partial charge in [0.15, 0.2) is 0 Å². The van der Waals surface area contributed by atoms with Crippen molar-refractivity contribution in [3.63, 3.8) is 0 Å². The molecule has 2 atom stereocenters. The van der Waals surface area contributed by atoms with E-state index >= 15 is 0 Å². The van der Waals surface area contributed by atoms with Crippen molar-refractivity contribution in [2.75, 3.05) is 4.43 Å². The second-order valence-corrected chi connectivity index (χ2v) is 4.42. The van der Waals surface area contributed by atoms with Gasteiger partial charge >= 0.3 is 0 Å². The van der Waals surface area contributed by atoms with Crippen LogP contribution in [0, 0.1) is 17.8 Å². The maximum atomic E-state index is 2.50. The van der Waals surface area contributed by atoms with Crippen LogP contribution in [0.1, 0.15) is 26.7 Å². The Morgan fingerprint density at radius 1 is 1.44 bits per heavy atom. The third kappa shape index (κ3) is 2.44. The molecule has 0 aromatic carbocycles. The van der Waals surface area contributed by atoms with Gasteiger partial charge in [0.05, 0.1) is 0 Å². The molecule has 1 rings (SSSR count). The highest BCUT2D eigenvalue weighted by molar-refractivity contribution is 14.1. The molecule has 0 bridgehead atoms. The van der Waals surface area contributed by atoms with Crippen molar-refractivity contribution in [2.24, 2.45) is 17.8 Å². The molecular weight excluding hydrogens is 223 g/mol. The lowest BCUT2D eigenvalue weighted by Gasteiger charge is -2.00. The molecule has 1 fully saturated rings. The Kier molecular flexibility index (Phi) is 2.80. The van der Waals surface area contributed by atoms with Gasteiger partial charge in [0.25, 0.3) is 0 Å². The number of hydrogen-bond acceptors (Lipinski definition) is 0. The Morgan fingerprint density at radius 2 is 2.11 bits per heavy atom. The highest BCUT2D eigenvalue weighted by Crippen LogP contribution is 2.43. The zero-order chi connectivity index (χ0) is 6.85. The summed E-state index contributed by atoms with van der Waals surface area (Å²) in [4.78, 5) is 0. The second kappa shape index (κ2) is 3.22. The van der Waals surface area contributed by atoms with Crippen LogP contribution in [0.2, 0.25) is 0 Å². The van der Waals surface area contributed by atoms with E-state index in [1.165, 1.54) is 17.3 Å². The molecule has 1 saturated carbocycles. The van der Waals surface area contributed by atoms with Crippen molar-refractivity contribution in [1.29, 1.82) is 0 Å². The largest absolute Gasteiger partial charge is 0.0861 e. The first kappa shape index (κ1) is 7.83. The van der Waals surface area contributed by atoms with Crippen LogP contribution in [-0.4, -0.2) is 4.43 Å². The molecule has 1 aliphatic rings. The number of halogens is 1. The fourth-order valence-electron chi connectivity index (χ4n) is 1.39. The van der Waals surface area contributed by atoms with Crippen LogP contribution in [0.3, 0.4) is 0 Å². The van der Waals surface area contributed by atoms with Gasteiger partial charge in [-0.2, -0.15) is 0 Å². The maximum Gasteiger partial charge on any atom is 0.00264 e. The maximum absolute atomic E-state index is 2.50. The Morgan fingerprint density at radius 3 is 2.44 bits per heavy atom. The molecular formula is C8H15I. The number of hydrogen-bond donors (Lipinski definition) is 0. The van der Waals surface area contributed by atoms with Crippen LogP contribution in [0.15, 0.2) is 0 Å². The van der Waals surface area contributed by atoms with Crippen molar-refractivity contribution in [2.45, 2.75) is 26.7 Å². The molecule has 1 aliphatic carbocycles. The van der Waals surface area contributed by atoms with Crippen LogP contribution in [-0.2, 0) is 0 Å². The lowest BCUT2D eigenvalue weighted by Crippen LogP contribution is -1.90. The Balaban J connectivity index is 2.05. The molecule has 0 aromatic rings. The molecule has 0 N–H and O–H groups in total. The average Bonchev–Trinajstić information content (AvgIpc) is 2.45. The van der Waals surface area contributed by atoms with Gasteiger partial charge in [-0.3, -0.25) is 0 Å². The molecule has 0 radical (unpaired) electrons. The van der Waals surface area contributed by atoms with E-state index in [-0.39, 0.29) is 0 Å². The van der Waals surface area contributed by atoms with Crippen LogP contribution >= 0.6 is 22.6 Å². The highest BCUT2D eigenvalue weighted by atomic mass is 127. The van der Waals surface area contributed by atoms with Crippen LogP contribution in [0.5, 0.6) is 0 Å². The lowest BCUT2D eigenvalue weighted by molar-refractivity contribution is 0.523. The topological polar surface area (TPSA) is 0 Å². The van der Waals surface area contributed by atoms with E-state index in [1.54, 1.807) is 0 Å². The summed E-state index contributed by atoms with van der Waals surface area (Å²) in [5.74, 6) is 3.11. The first-order valence-corrected chi connectivity index (χ1v) is 5.32. The van der Waals surface area contributed by atoms with E-state index in [2.05, 4.69) is 36.4 Å². The Labute approximate surface area is 71.5 Å². The van der Waals surface area contributed by atoms with E-state index in [0.29, 0.717) is 0 Å². The summed E-state index contributed by atoms with van der Waals surface area (Å²) < 4.78 is 1.38. The summed E-state index contributed by atoms with van der Waals surface area (Å²) >= 11 is 2.50. The molecule has 54 valence electrons. The zero-order valence-electron chi connectivity index (χ0n) is 6.23. The van der Waals surface area contributed by atoms with E-state index in [9.17, 15) is 0 Å². The highest BCUT2D eigenvalue weighted by Gasteiger charge is 2.35. The molecule has 0 spiro atoms. The molecule has 0 aliphatic heterocycles. The first-order chi connectivity index (χ1) is 4.24. The fourth-order valence-corrected chi connectivity index (χ4v) is 2.47. The summed E-state index contributed by atoms with van der Waals surface area (Å²) in [7, 11) is 0. The molecule has 0 nitrogen and oxygen atoms in total. The van der Waals surface area contributed by atoms with Crippen LogP contribution < -0.4 is 0 Å². The molecule has 0 heterocycles. The van der Waals surface area contributed by atoms with Crippen molar-refractivity contribution in [3.05, 3.63) is 0 Å². The molecule has 0 saturated heterocycles. The quantitative estimate of drug-likeness (QED) is 0.523. The monoisotopic (exact) mass is 238 g/mol. The standard InChI is InChI=1S/C8H15I/c1-6(2)3-7-4-8(7)5-9/h6-8H,3-5H2,1-2H3. The number of rotatable bonds is 3. The van der Waals surface area contributed by atoms with Gasteiger partial charge in [-0.1, -0.05) is 36.4 Å². The molecule has 0 amide bonds. The number of alkyl halides is 1. The van der Waals surface area contributed by atoms with Crippen LogP contribution in [0.4, 0.5) is 0 Å². The van der Waals surface area contributed by atoms with Gasteiger partial charge in [-0.15, -0.1) is 0 Å². The molecule has 9 heavy (non-hydrogen) atoms. The van der Waals surface area contributed by atoms with Crippen molar-refractivity contribution < 1.29 is 0 Å². The Bertz CT molecular complexity index is 88.6. The minimum absolute atomic E-state index is 0.919. The SMILES string of the molecule is CC(C)CC1CC1CI. The summed E-state index contributed by atoms with van der Waals surface area (Å²) in [6, 6.07) is 0. The normalized spacial score (nSPS) is 33.3. The smallest absolute Gasteiger partial charge is 0.00264 e. The minimum Gasteiger partial charge on any atom is -0.0861 e. The zero-order valence-corrected chi connectivity index (χ0v) is 8.39. The van der Waals surface area contributed by atoms with E-state index < -0.39 is 0 Å².